The minimum absolute atomic E-state index is 0.0787. The number of hydrogen-bond acceptors (Lipinski definition) is 4. The van der Waals surface area contributed by atoms with Crippen molar-refractivity contribution in [2.75, 3.05) is 20.1 Å². The number of aryl methyl sites for hydroxylation is 1. The summed E-state index contributed by atoms with van der Waals surface area (Å²) in [6.45, 7) is 4.80. The van der Waals surface area contributed by atoms with Gasteiger partial charge in [0.05, 0.1) is 6.54 Å². The molecule has 0 saturated carbocycles. The van der Waals surface area contributed by atoms with Crippen LogP contribution >= 0.6 is 0 Å². The highest BCUT2D eigenvalue weighted by molar-refractivity contribution is 6.06. The van der Waals surface area contributed by atoms with Crippen molar-refractivity contribution in [3.63, 3.8) is 0 Å². The molecule has 3 heterocycles. The van der Waals surface area contributed by atoms with Crippen LogP contribution in [0.2, 0.25) is 0 Å². The molecule has 0 bridgehead atoms. The number of aromatic nitrogens is 1. The predicted octanol–water partition coefficient (Wildman–Crippen LogP) is 4.49. The molecule has 5 rings (SSSR count). The van der Waals surface area contributed by atoms with E-state index >= 15 is 0 Å². The molecule has 3 aromatic rings. The maximum atomic E-state index is 13.4. The number of nitrogens with zero attached hydrogens (tertiary/aromatic N) is 4. The molecular weight excluding hydrogens is 424 g/mol. The van der Waals surface area contributed by atoms with Crippen molar-refractivity contribution < 1.29 is 9.59 Å². The van der Waals surface area contributed by atoms with E-state index in [0.29, 0.717) is 12.8 Å². The minimum Gasteiger partial charge on any atom is -0.312 e. The number of likely N-dealkylation sites (N-methyl/N-ethyl adjacent to an activating group) is 1. The van der Waals surface area contributed by atoms with Gasteiger partial charge in [-0.15, -0.1) is 0 Å². The summed E-state index contributed by atoms with van der Waals surface area (Å²) in [4.78, 5) is 35.9. The van der Waals surface area contributed by atoms with Crippen LogP contribution in [0.3, 0.4) is 0 Å². The van der Waals surface area contributed by atoms with E-state index < -0.39 is 5.54 Å². The van der Waals surface area contributed by atoms with Crippen LogP contribution < -0.4 is 0 Å². The van der Waals surface area contributed by atoms with E-state index in [2.05, 4.69) is 65.3 Å². The molecule has 0 N–H and O–H groups in total. The lowest BCUT2D eigenvalue weighted by atomic mass is 9.86. The largest absolute Gasteiger partial charge is 0.327 e. The summed E-state index contributed by atoms with van der Waals surface area (Å²) in [5.74, 6) is -0.0787. The zero-order valence-corrected chi connectivity index (χ0v) is 19.8. The van der Waals surface area contributed by atoms with Gasteiger partial charge >= 0.3 is 6.03 Å². The average molecular weight is 455 g/mol. The molecule has 0 radical (unpaired) electrons. The Morgan fingerprint density at radius 3 is 2.41 bits per heavy atom. The van der Waals surface area contributed by atoms with Crippen LogP contribution in [0, 0.1) is 6.92 Å². The molecule has 0 unspecified atom stereocenters. The zero-order valence-electron chi connectivity index (χ0n) is 19.8. The average Bonchev–Trinajstić information content (AvgIpc) is 3.03. The molecule has 0 aliphatic carbocycles. The molecule has 3 amide bonds. The highest BCUT2D eigenvalue weighted by Gasteiger charge is 2.56. The molecular formula is C28H30N4O2. The van der Waals surface area contributed by atoms with Gasteiger partial charge in [-0.2, -0.15) is 0 Å². The van der Waals surface area contributed by atoms with Gasteiger partial charge in [0.15, 0.2) is 0 Å². The molecule has 0 atom stereocenters. The summed E-state index contributed by atoms with van der Waals surface area (Å²) in [6, 6.07) is 20.7. The fourth-order valence-corrected chi connectivity index (χ4v) is 5.28. The second-order valence-electron chi connectivity index (χ2n) is 9.42. The molecule has 6 nitrogen and oxygen atoms in total. The number of likely N-dealkylation sites (tertiary alicyclic amines) is 1. The van der Waals surface area contributed by atoms with E-state index in [0.717, 1.165) is 25.2 Å². The third-order valence-corrected chi connectivity index (χ3v) is 7.34. The van der Waals surface area contributed by atoms with Crippen LogP contribution in [0.1, 0.15) is 29.5 Å². The quantitative estimate of drug-likeness (QED) is 0.533. The maximum absolute atomic E-state index is 13.4. The van der Waals surface area contributed by atoms with Crippen molar-refractivity contribution in [2.45, 2.75) is 38.4 Å². The van der Waals surface area contributed by atoms with E-state index in [1.54, 1.807) is 24.3 Å². The first kappa shape index (κ1) is 22.3. The van der Waals surface area contributed by atoms with Gasteiger partial charge in [0.25, 0.3) is 5.91 Å². The highest BCUT2D eigenvalue weighted by atomic mass is 16.2. The number of benzene rings is 2. The van der Waals surface area contributed by atoms with Crippen LogP contribution in [0.4, 0.5) is 4.79 Å². The van der Waals surface area contributed by atoms with Gasteiger partial charge in [0.2, 0.25) is 0 Å². The fraction of sp³-hybridized carbons (Fsp3) is 0.321. The fourth-order valence-electron chi connectivity index (χ4n) is 5.28. The minimum atomic E-state index is -0.737. The monoisotopic (exact) mass is 454 g/mol. The second-order valence-corrected chi connectivity index (χ2v) is 9.42. The highest BCUT2D eigenvalue weighted by Crippen LogP contribution is 2.37. The van der Waals surface area contributed by atoms with Gasteiger partial charge in [-0.1, -0.05) is 48.5 Å². The Hall–Kier alpha value is -3.51. The van der Waals surface area contributed by atoms with Gasteiger partial charge < -0.3 is 4.90 Å². The molecule has 2 aliphatic heterocycles. The Balaban J connectivity index is 1.27. The molecule has 6 heteroatoms. The van der Waals surface area contributed by atoms with E-state index in [4.69, 9.17) is 0 Å². The lowest BCUT2D eigenvalue weighted by Gasteiger charge is -2.40. The number of piperidine rings is 1. The molecule has 1 spiro atoms. The number of carbonyl (C=O) groups excluding carboxylic acids is 2. The Bertz CT molecular complexity index is 1200. The molecule has 2 saturated heterocycles. The third kappa shape index (κ3) is 3.99. The number of imide groups is 1. The van der Waals surface area contributed by atoms with Crippen LogP contribution in [0.15, 0.2) is 73.1 Å². The van der Waals surface area contributed by atoms with Crippen LogP contribution in [0.25, 0.3) is 11.1 Å². The van der Waals surface area contributed by atoms with Gasteiger partial charge in [0, 0.05) is 39.1 Å². The molecule has 34 heavy (non-hydrogen) atoms. The third-order valence-electron chi connectivity index (χ3n) is 7.34. The SMILES string of the molecule is Cc1ccccc1-c1cccc(CN2CCC3(CC2)C(=O)N(Cc2cccnc2)C(=O)N3C)c1. The first-order chi connectivity index (χ1) is 16.5. The summed E-state index contributed by atoms with van der Waals surface area (Å²) in [5, 5.41) is 0. The number of carbonyl (C=O) groups is 2. The van der Waals surface area contributed by atoms with Crippen molar-refractivity contribution in [2.24, 2.45) is 0 Å². The topological polar surface area (TPSA) is 56.8 Å². The number of pyridine rings is 1. The van der Waals surface area contributed by atoms with Crippen molar-refractivity contribution in [1.29, 1.82) is 0 Å². The van der Waals surface area contributed by atoms with Gasteiger partial charge in [-0.25, -0.2) is 4.79 Å². The first-order valence-electron chi connectivity index (χ1n) is 11.8. The summed E-state index contributed by atoms with van der Waals surface area (Å²) in [5.41, 5.74) is 5.14. The smallest absolute Gasteiger partial charge is 0.312 e. The number of amides is 3. The Morgan fingerprint density at radius 1 is 0.912 bits per heavy atom. The lowest BCUT2D eigenvalue weighted by molar-refractivity contribution is -0.135. The van der Waals surface area contributed by atoms with E-state index in [9.17, 15) is 9.59 Å². The Morgan fingerprint density at radius 2 is 1.68 bits per heavy atom. The lowest BCUT2D eigenvalue weighted by Crippen LogP contribution is -2.55. The van der Waals surface area contributed by atoms with E-state index in [1.807, 2.05) is 12.1 Å². The predicted molar refractivity (Wildman–Crippen MR) is 132 cm³/mol. The van der Waals surface area contributed by atoms with Crippen molar-refractivity contribution in [3.8, 4) is 11.1 Å². The van der Waals surface area contributed by atoms with Gasteiger partial charge in [-0.05, 0) is 59.7 Å². The summed E-state index contributed by atoms with van der Waals surface area (Å²) >= 11 is 0. The Labute approximate surface area is 200 Å². The van der Waals surface area contributed by atoms with E-state index in [1.165, 1.54) is 27.2 Å². The van der Waals surface area contributed by atoms with Crippen molar-refractivity contribution in [3.05, 3.63) is 89.7 Å². The number of urea groups is 1. The number of hydrogen-bond donors (Lipinski definition) is 0. The first-order valence-corrected chi connectivity index (χ1v) is 11.8. The molecule has 1 aromatic heterocycles. The van der Waals surface area contributed by atoms with Crippen molar-refractivity contribution in [1.82, 2.24) is 19.7 Å². The maximum Gasteiger partial charge on any atom is 0.327 e. The molecule has 2 aliphatic rings. The van der Waals surface area contributed by atoms with Gasteiger partial charge in [-0.3, -0.25) is 19.6 Å². The Kier molecular flexibility index (Phi) is 5.92. The normalized spacial score (nSPS) is 18.2. The molecule has 2 aromatic carbocycles. The van der Waals surface area contributed by atoms with Crippen LogP contribution in [-0.4, -0.2) is 57.3 Å². The molecule has 2 fully saturated rings. The van der Waals surface area contributed by atoms with Crippen LogP contribution in [-0.2, 0) is 17.9 Å². The second kappa shape index (κ2) is 9.03. The standard InChI is InChI=1S/C28H30N4O2/c1-21-7-3-4-11-25(21)24-10-5-8-22(17-24)19-31-15-12-28(13-16-31)26(33)32(27(34)30(28)2)20-23-9-6-14-29-18-23/h3-11,14,17-18H,12-13,15-16,19-20H2,1-2H3. The summed E-state index contributed by atoms with van der Waals surface area (Å²) in [6.07, 6.45) is 4.70. The summed E-state index contributed by atoms with van der Waals surface area (Å²) in [7, 11) is 1.77. The number of rotatable bonds is 5. The summed E-state index contributed by atoms with van der Waals surface area (Å²) < 4.78 is 0. The molecule has 174 valence electrons. The van der Waals surface area contributed by atoms with Crippen molar-refractivity contribution >= 4 is 11.9 Å². The van der Waals surface area contributed by atoms with Gasteiger partial charge in [0.1, 0.15) is 5.54 Å². The van der Waals surface area contributed by atoms with Crippen LogP contribution in [0.5, 0.6) is 0 Å². The zero-order chi connectivity index (χ0) is 23.7. The van der Waals surface area contributed by atoms with E-state index in [-0.39, 0.29) is 18.5 Å².